The summed E-state index contributed by atoms with van der Waals surface area (Å²) in [5, 5.41) is 12.7. The second-order valence-corrected chi connectivity index (χ2v) is 7.82. The molecular weight excluding hydrogens is 408 g/mol. The Hall–Kier alpha value is -2.77. The van der Waals surface area contributed by atoms with Gasteiger partial charge in [-0.05, 0) is 41.5 Å². The number of thiophene rings is 1. The molecule has 2 aromatic carbocycles. The molecule has 0 aliphatic carbocycles. The van der Waals surface area contributed by atoms with Crippen LogP contribution in [0.25, 0.3) is 11.1 Å². The first-order chi connectivity index (χ1) is 13.3. The molecule has 1 amide bonds. The molecule has 0 spiro atoms. The second-order valence-electron chi connectivity index (χ2n) is 6.33. The van der Waals surface area contributed by atoms with Crippen molar-refractivity contribution in [2.24, 2.45) is 0 Å². The van der Waals surface area contributed by atoms with Crippen LogP contribution in [0, 0.1) is 11.6 Å². The van der Waals surface area contributed by atoms with Crippen molar-refractivity contribution in [3.63, 3.8) is 0 Å². The number of benzene rings is 2. The highest BCUT2D eigenvalue weighted by Gasteiger charge is 2.35. The standard InChI is InChI=1S/C20H12ClF2NO3S/c21-10-4-5-14(23)12(7-10)13-8-15(25)24-17-16(9-2-1-3-11(22)6-9)19(20(26)27)28-18(13)17/h1-7,13H,8H2,(H,24,25)(H,26,27)/t13-/m1/s1. The number of carboxylic acid groups (broad SMARTS) is 1. The number of fused-ring (bicyclic) bond motifs is 1. The van der Waals surface area contributed by atoms with Crippen LogP contribution >= 0.6 is 22.9 Å². The number of carbonyl (C=O) groups is 2. The molecule has 28 heavy (non-hydrogen) atoms. The summed E-state index contributed by atoms with van der Waals surface area (Å²) in [5.74, 6) is -3.35. The summed E-state index contributed by atoms with van der Waals surface area (Å²) < 4.78 is 28.2. The lowest BCUT2D eigenvalue weighted by Gasteiger charge is -2.24. The van der Waals surface area contributed by atoms with Crippen molar-refractivity contribution in [2.75, 3.05) is 5.32 Å². The highest BCUT2D eigenvalue weighted by Crippen LogP contribution is 2.50. The van der Waals surface area contributed by atoms with Gasteiger partial charge in [-0.2, -0.15) is 0 Å². The Morgan fingerprint density at radius 2 is 2.00 bits per heavy atom. The van der Waals surface area contributed by atoms with Gasteiger partial charge in [0.05, 0.1) is 5.69 Å². The van der Waals surface area contributed by atoms with Crippen LogP contribution in [0.2, 0.25) is 5.02 Å². The molecule has 4 rings (SSSR count). The number of halogens is 3. The fourth-order valence-electron chi connectivity index (χ4n) is 3.39. The maximum absolute atomic E-state index is 14.5. The van der Waals surface area contributed by atoms with Gasteiger partial charge in [0.25, 0.3) is 0 Å². The van der Waals surface area contributed by atoms with Crippen LogP contribution in [0.5, 0.6) is 0 Å². The van der Waals surface area contributed by atoms with Crippen molar-refractivity contribution in [1.82, 2.24) is 0 Å². The van der Waals surface area contributed by atoms with Gasteiger partial charge in [-0.3, -0.25) is 4.79 Å². The molecule has 1 aliphatic rings. The predicted octanol–water partition coefficient (Wildman–Crippen LogP) is 5.52. The van der Waals surface area contributed by atoms with Gasteiger partial charge >= 0.3 is 5.97 Å². The van der Waals surface area contributed by atoms with Gasteiger partial charge in [0.1, 0.15) is 16.5 Å². The number of hydrogen-bond acceptors (Lipinski definition) is 3. The summed E-state index contributed by atoms with van der Waals surface area (Å²) in [6.45, 7) is 0. The van der Waals surface area contributed by atoms with E-state index in [-0.39, 0.29) is 34.0 Å². The minimum absolute atomic E-state index is 0.0492. The number of nitrogens with one attached hydrogen (secondary N) is 1. The van der Waals surface area contributed by atoms with E-state index in [4.69, 9.17) is 11.6 Å². The van der Waals surface area contributed by atoms with Crippen molar-refractivity contribution in [2.45, 2.75) is 12.3 Å². The monoisotopic (exact) mass is 419 g/mol. The number of hydrogen-bond donors (Lipinski definition) is 2. The zero-order chi connectivity index (χ0) is 20.0. The zero-order valence-electron chi connectivity index (χ0n) is 14.1. The number of carbonyl (C=O) groups excluding carboxylic acids is 1. The van der Waals surface area contributed by atoms with Gasteiger partial charge in [0.2, 0.25) is 5.91 Å². The lowest BCUT2D eigenvalue weighted by atomic mass is 9.88. The molecule has 1 atom stereocenters. The second kappa shape index (κ2) is 7.00. The largest absolute Gasteiger partial charge is 0.477 e. The van der Waals surface area contributed by atoms with E-state index in [1.54, 1.807) is 6.07 Å². The lowest BCUT2D eigenvalue weighted by molar-refractivity contribution is -0.116. The normalized spacial score (nSPS) is 15.8. The molecule has 1 aliphatic heterocycles. The average Bonchev–Trinajstić information content (AvgIpc) is 3.02. The molecule has 8 heteroatoms. The number of anilines is 1. The molecule has 3 aromatic rings. The molecule has 142 valence electrons. The van der Waals surface area contributed by atoms with Gasteiger partial charge in [-0.15, -0.1) is 11.3 Å². The van der Waals surface area contributed by atoms with Crippen molar-refractivity contribution in [1.29, 1.82) is 0 Å². The van der Waals surface area contributed by atoms with Gasteiger partial charge in [-0.1, -0.05) is 23.7 Å². The van der Waals surface area contributed by atoms with E-state index in [1.807, 2.05) is 0 Å². The third-order valence-electron chi connectivity index (χ3n) is 4.55. The molecule has 0 saturated heterocycles. The Labute approximate surface area is 167 Å². The van der Waals surface area contributed by atoms with Crippen molar-refractivity contribution < 1.29 is 23.5 Å². The summed E-state index contributed by atoms with van der Waals surface area (Å²) in [5.41, 5.74) is 1.02. The van der Waals surface area contributed by atoms with Crippen molar-refractivity contribution in [3.8, 4) is 11.1 Å². The molecule has 0 radical (unpaired) electrons. The average molecular weight is 420 g/mol. The van der Waals surface area contributed by atoms with Gasteiger partial charge in [-0.25, -0.2) is 13.6 Å². The van der Waals surface area contributed by atoms with E-state index < -0.39 is 23.5 Å². The van der Waals surface area contributed by atoms with E-state index >= 15 is 0 Å². The molecule has 1 aromatic heterocycles. The van der Waals surface area contributed by atoms with Crippen LogP contribution in [-0.4, -0.2) is 17.0 Å². The SMILES string of the molecule is O=C1C[C@H](c2cc(Cl)ccc2F)c2sc(C(=O)O)c(-c3cccc(F)c3)c2N1. The van der Waals surface area contributed by atoms with Crippen LogP contribution in [0.15, 0.2) is 42.5 Å². The Morgan fingerprint density at radius 3 is 2.71 bits per heavy atom. The van der Waals surface area contributed by atoms with E-state index in [1.165, 1.54) is 36.4 Å². The molecule has 2 N–H and O–H groups in total. The molecule has 0 fully saturated rings. The minimum atomic E-state index is -1.21. The van der Waals surface area contributed by atoms with Gasteiger partial charge in [0, 0.05) is 27.8 Å². The fourth-order valence-corrected chi connectivity index (χ4v) is 4.81. The van der Waals surface area contributed by atoms with Gasteiger partial charge in [0.15, 0.2) is 0 Å². The first kappa shape index (κ1) is 18.6. The molecule has 0 bridgehead atoms. The molecular formula is C20H12ClF2NO3S. The third-order valence-corrected chi connectivity index (χ3v) is 6.07. The first-order valence-corrected chi connectivity index (χ1v) is 9.45. The minimum Gasteiger partial charge on any atom is -0.477 e. The Kier molecular flexibility index (Phi) is 4.64. The smallest absolute Gasteiger partial charge is 0.346 e. The van der Waals surface area contributed by atoms with Crippen LogP contribution in [0.1, 0.15) is 32.5 Å². The topological polar surface area (TPSA) is 66.4 Å². The summed E-state index contributed by atoms with van der Waals surface area (Å²) in [6, 6.07) is 9.51. The summed E-state index contributed by atoms with van der Waals surface area (Å²) in [7, 11) is 0. The first-order valence-electron chi connectivity index (χ1n) is 8.26. The Bertz CT molecular complexity index is 1130. The van der Waals surface area contributed by atoms with Crippen LogP contribution in [0.4, 0.5) is 14.5 Å². The number of rotatable bonds is 3. The van der Waals surface area contributed by atoms with Crippen LogP contribution in [-0.2, 0) is 4.79 Å². The molecule has 2 heterocycles. The lowest BCUT2D eigenvalue weighted by Crippen LogP contribution is -2.23. The molecule has 0 saturated carbocycles. The molecule has 4 nitrogen and oxygen atoms in total. The number of amides is 1. The Morgan fingerprint density at radius 1 is 1.21 bits per heavy atom. The fraction of sp³-hybridized carbons (Fsp3) is 0.100. The highest BCUT2D eigenvalue weighted by molar-refractivity contribution is 7.15. The summed E-state index contributed by atoms with van der Waals surface area (Å²) in [6.07, 6.45) is -0.0492. The Balaban J connectivity index is 1.98. The zero-order valence-corrected chi connectivity index (χ0v) is 15.7. The highest BCUT2D eigenvalue weighted by atomic mass is 35.5. The maximum Gasteiger partial charge on any atom is 0.346 e. The van der Waals surface area contributed by atoms with E-state index in [0.29, 0.717) is 15.5 Å². The van der Waals surface area contributed by atoms with E-state index in [2.05, 4.69) is 5.32 Å². The summed E-state index contributed by atoms with van der Waals surface area (Å²) in [4.78, 5) is 24.7. The summed E-state index contributed by atoms with van der Waals surface area (Å²) >= 11 is 6.94. The van der Waals surface area contributed by atoms with Gasteiger partial charge < -0.3 is 10.4 Å². The number of aromatic carboxylic acids is 1. The van der Waals surface area contributed by atoms with E-state index in [0.717, 1.165) is 11.3 Å². The predicted molar refractivity (Wildman–Crippen MR) is 103 cm³/mol. The third kappa shape index (κ3) is 3.16. The quantitative estimate of drug-likeness (QED) is 0.587. The van der Waals surface area contributed by atoms with E-state index in [9.17, 15) is 23.5 Å². The van der Waals surface area contributed by atoms with Crippen LogP contribution in [0.3, 0.4) is 0 Å². The van der Waals surface area contributed by atoms with Crippen LogP contribution < -0.4 is 5.32 Å². The van der Waals surface area contributed by atoms with Crippen molar-refractivity contribution >= 4 is 40.5 Å². The maximum atomic E-state index is 14.5. The molecule has 0 unspecified atom stereocenters. The number of carboxylic acids is 1. The van der Waals surface area contributed by atoms with Crippen molar-refractivity contribution in [3.05, 3.63) is 74.4 Å².